The van der Waals surface area contributed by atoms with Crippen LogP contribution in [0.3, 0.4) is 0 Å². The molecule has 0 aliphatic heterocycles. The molecule has 0 aliphatic rings. The number of rotatable bonds is 8. The van der Waals surface area contributed by atoms with Gasteiger partial charge in [0.1, 0.15) is 11.5 Å². The van der Waals surface area contributed by atoms with Crippen molar-refractivity contribution < 1.29 is 28.3 Å². The Labute approximate surface area is 168 Å². The predicted octanol–water partition coefficient (Wildman–Crippen LogP) is 3.31. The molecule has 3 aromatic rings. The lowest BCUT2D eigenvalue weighted by Crippen LogP contribution is -2.23. The first kappa shape index (κ1) is 20.1. The van der Waals surface area contributed by atoms with Crippen molar-refractivity contribution in [2.45, 2.75) is 6.54 Å². The topological polar surface area (TPSA) is 92.0 Å². The molecule has 0 bridgehead atoms. The molecule has 1 aromatic heterocycles. The average molecular weight is 398 g/mol. The molecule has 0 fully saturated rings. The maximum atomic E-state index is 12.5. The summed E-state index contributed by atoms with van der Waals surface area (Å²) in [6.07, 6.45) is 0. The van der Waals surface area contributed by atoms with Crippen molar-refractivity contribution in [2.75, 3.05) is 28.4 Å². The summed E-state index contributed by atoms with van der Waals surface area (Å²) < 4.78 is 26.6. The number of para-hydroxylation sites is 1. The second-order valence-corrected chi connectivity index (χ2v) is 5.98. The number of ether oxygens (including phenoxy) is 4. The molecule has 8 nitrogen and oxygen atoms in total. The van der Waals surface area contributed by atoms with Crippen LogP contribution in [-0.2, 0) is 6.54 Å². The molecule has 3 rings (SSSR count). The SMILES string of the molecule is COc1cc(OC)c(OC)cc1CNC(=O)c1cc(-c2ccccc2OC)on1. The molecule has 2 aromatic carbocycles. The molecule has 0 aliphatic carbocycles. The summed E-state index contributed by atoms with van der Waals surface area (Å²) in [4.78, 5) is 12.5. The molecule has 0 unspecified atom stereocenters. The lowest BCUT2D eigenvalue weighted by molar-refractivity contribution is 0.0941. The first-order valence-corrected chi connectivity index (χ1v) is 8.78. The Morgan fingerprint density at radius 1 is 0.897 bits per heavy atom. The van der Waals surface area contributed by atoms with Gasteiger partial charge in [-0.1, -0.05) is 17.3 Å². The zero-order valence-corrected chi connectivity index (χ0v) is 16.6. The third-order valence-electron chi connectivity index (χ3n) is 4.34. The molecule has 1 heterocycles. The Kier molecular flexibility index (Phi) is 6.23. The number of amides is 1. The van der Waals surface area contributed by atoms with E-state index in [0.29, 0.717) is 34.3 Å². The molecule has 0 saturated heterocycles. The van der Waals surface area contributed by atoms with Crippen LogP contribution in [0.2, 0.25) is 0 Å². The fourth-order valence-electron chi connectivity index (χ4n) is 2.85. The lowest BCUT2D eigenvalue weighted by atomic mass is 10.1. The second kappa shape index (κ2) is 9.01. The number of hydrogen-bond acceptors (Lipinski definition) is 7. The van der Waals surface area contributed by atoms with Gasteiger partial charge in [0.15, 0.2) is 23.0 Å². The quantitative estimate of drug-likeness (QED) is 0.622. The van der Waals surface area contributed by atoms with Gasteiger partial charge in [-0.15, -0.1) is 0 Å². The van der Waals surface area contributed by atoms with Crippen LogP contribution in [0, 0.1) is 0 Å². The van der Waals surface area contributed by atoms with Gasteiger partial charge in [0.2, 0.25) is 0 Å². The van der Waals surface area contributed by atoms with E-state index in [1.165, 1.54) is 0 Å². The van der Waals surface area contributed by atoms with E-state index in [-0.39, 0.29) is 18.1 Å². The van der Waals surface area contributed by atoms with E-state index in [9.17, 15) is 4.79 Å². The minimum atomic E-state index is -0.383. The first-order chi connectivity index (χ1) is 14.1. The maximum Gasteiger partial charge on any atom is 0.273 e. The van der Waals surface area contributed by atoms with Crippen LogP contribution in [-0.4, -0.2) is 39.5 Å². The Morgan fingerprint density at radius 3 is 2.24 bits per heavy atom. The summed E-state index contributed by atoms with van der Waals surface area (Å²) in [7, 11) is 6.20. The molecule has 29 heavy (non-hydrogen) atoms. The number of aromatic nitrogens is 1. The number of nitrogens with one attached hydrogen (secondary N) is 1. The highest BCUT2D eigenvalue weighted by molar-refractivity contribution is 5.93. The van der Waals surface area contributed by atoms with Crippen molar-refractivity contribution >= 4 is 5.91 Å². The summed E-state index contributed by atoms with van der Waals surface area (Å²) in [5.74, 6) is 2.33. The molecule has 0 atom stereocenters. The monoisotopic (exact) mass is 398 g/mol. The van der Waals surface area contributed by atoms with E-state index in [0.717, 1.165) is 5.56 Å². The van der Waals surface area contributed by atoms with Crippen LogP contribution >= 0.6 is 0 Å². The van der Waals surface area contributed by atoms with Crippen LogP contribution in [0.15, 0.2) is 47.0 Å². The Hall–Kier alpha value is -3.68. The third kappa shape index (κ3) is 4.26. The Bertz CT molecular complexity index is 999. The van der Waals surface area contributed by atoms with Crippen molar-refractivity contribution in [3.8, 4) is 34.3 Å². The number of benzene rings is 2. The van der Waals surface area contributed by atoms with E-state index >= 15 is 0 Å². The van der Waals surface area contributed by atoms with Gasteiger partial charge in [0.05, 0.1) is 34.0 Å². The van der Waals surface area contributed by atoms with Crippen molar-refractivity contribution in [1.29, 1.82) is 0 Å². The standard InChI is InChI=1S/C21H22N2O6/c1-25-16-8-6-5-7-14(16)18-10-15(23-29-18)21(24)22-12-13-9-19(27-3)20(28-4)11-17(13)26-2/h5-11H,12H2,1-4H3,(H,22,24). The van der Waals surface area contributed by atoms with Gasteiger partial charge in [-0.3, -0.25) is 4.79 Å². The van der Waals surface area contributed by atoms with Gasteiger partial charge >= 0.3 is 0 Å². The molecule has 0 radical (unpaired) electrons. The summed E-state index contributed by atoms with van der Waals surface area (Å²) in [6, 6.07) is 12.4. The lowest BCUT2D eigenvalue weighted by Gasteiger charge is -2.14. The fourth-order valence-corrected chi connectivity index (χ4v) is 2.85. The minimum Gasteiger partial charge on any atom is -0.496 e. The van der Waals surface area contributed by atoms with E-state index in [2.05, 4.69) is 10.5 Å². The number of carbonyl (C=O) groups is 1. The van der Waals surface area contributed by atoms with Gasteiger partial charge in [-0.2, -0.15) is 0 Å². The highest BCUT2D eigenvalue weighted by Gasteiger charge is 2.17. The molecular weight excluding hydrogens is 376 g/mol. The minimum absolute atomic E-state index is 0.158. The Balaban J connectivity index is 1.76. The van der Waals surface area contributed by atoms with Gasteiger partial charge in [0, 0.05) is 24.2 Å². The van der Waals surface area contributed by atoms with Crippen LogP contribution in [0.25, 0.3) is 11.3 Å². The van der Waals surface area contributed by atoms with Gasteiger partial charge in [0.25, 0.3) is 5.91 Å². The zero-order chi connectivity index (χ0) is 20.8. The number of hydrogen-bond donors (Lipinski definition) is 1. The highest BCUT2D eigenvalue weighted by atomic mass is 16.5. The summed E-state index contributed by atoms with van der Waals surface area (Å²) in [5.41, 5.74) is 1.60. The molecule has 1 N–H and O–H groups in total. The average Bonchev–Trinajstić information content (AvgIpc) is 3.26. The van der Waals surface area contributed by atoms with Crippen molar-refractivity contribution in [1.82, 2.24) is 10.5 Å². The first-order valence-electron chi connectivity index (χ1n) is 8.78. The van der Waals surface area contributed by atoms with E-state index in [1.54, 1.807) is 52.7 Å². The molecule has 1 amide bonds. The second-order valence-electron chi connectivity index (χ2n) is 5.98. The Morgan fingerprint density at radius 2 is 1.55 bits per heavy atom. The van der Waals surface area contributed by atoms with Gasteiger partial charge < -0.3 is 28.8 Å². The fraction of sp³-hybridized carbons (Fsp3) is 0.238. The van der Waals surface area contributed by atoms with Crippen LogP contribution < -0.4 is 24.3 Å². The third-order valence-corrected chi connectivity index (χ3v) is 4.34. The summed E-state index contributed by atoms with van der Waals surface area (Å²) >= 11 is 0. The number of nitrogens with zero attached hydrogens (tertiary/aromatic N) is 1. The predicted molar refractivity (Wildman–Crippen MR) is 106 cm³/mol. The highest BCUT2D eigenvalue weighted by Crippen LogP contribution is 2.34. The summed E-state index contributed by atoms with van der Waals surface area (Å²) in [6.45, 7) is 0.208. The van der Waals surface area contributed by atoms with Crippen LogP contribution in [0.4, 0.5) is 0 Å². The zero-order valence-electron chi connectivity index (χ0n) is 16.6. The largest absolute Gasteiger partial charge is 0.496 e. The van der Waals surface area contributed by atoms with Crippen molar-refractivity contribution in [2.24, 2.45) is 0 Å². The van der Waals surface area contributed by atoms with E-state index in [4.69, 9.17) is 23.5 Å². The number of methoxy groups -OCH3 is 4. The van der Waals surface area contributed by atoms with E-state index in [1.807, 2.05) is 18.2 Å². The number of carbonyl (C=O) groups excluding carboxylic acids is 1. The molecule has 0 saturated carbocycles. The summed E-state index contributed by atoms with van der Waals surface area (Å²) in [5, 5.41) is 6.67. The molecule has 0 spiro atoms. The smallest absolute Gasteiger partial charge is 0.273 e. The van der Waals surface area contributed by atoms with Crippen molar-refractivity contribution in [3.63, 3.8) is 0 Å². The van der Waals surface area contributed by atoms with Crippen LogP contribution in [0.5, 0.6) is 23.0 Å². The van der Waals surface area contributed by atoms with Gasteiger partial charge in [-0.25, -0.2) is 0 Å². The maximum absolute atomic E-state index is 12.5. The molecule has 152 valence electrons. The van der Waals surface area contributed by atoms with Crippen LogP contribution in [0.1, 0.15) is 16.1 Å². The van der Waals surface area contributed by atoms with Crippen molar-refractivity contribution in [3.05, 3.63) is 53.7 Å². The van der Waals surface area contributed by atoms with E-state index < -0.39 is 0 Å². The normalized spacial score (nSPS) is 10.3. The molecular formula is C21H22N2O6. The molecule has 8 heteroatoms. The van der Waals surface area contributed by atoms with Gasteiger partial charge in [-0.05, 0) is 18.2 Å².